The van der Waals surface area contributed by atoms with Crippen molar-refractivity contribution in [3.63, 3.8) is 0 Å². The van der Waals surface area contributed by atoms with E-state index in [-0.39, 0.29) is 0 Å². The maximum Gasteiger partial charge on any atom is 0.0625 e. The first-order valence-electron chi connectivity index (χ1n) is 6.89. The van der Waals surface area contributed by atoms with Gasteiger partial charge in [0.1, 0.15) is 0 Å². The van der Waals surface area contributed by atoms with Gasteiger partial charge in [-0.2, -0.15) is 0 Å². The van der Waals surface area contributed by atoms with Crippen molar-refractivity contribution in [3.8, 4) is 0 Å². The van der Waals surface area contributed by atoms with Crippen molar-refractivity contribution in [2.24, 2.45) is 0 Å². The van der Waals surface area contributed by atoms with E-state index in [0.717, 1.165) is 19.8 Å². The van der Waals surface area contributed by atoms with Crippen molar-refractivity contribution in [2.75, 3.05) is 25.5 Å². The summed E-state index contributed by atoms with van der Waals surface area (Å²) in [5.74, 6) is 1.76. The van der Waals surface area contributed by atoms with Crippen LogP contribution >= 0.6 is 11.8 Å². The summed E-state index contributed by atoms with van der Waals surface area (Å²) < 4.78 is 5.65. The highest BCUT2D eigenvalue weighted by molar-refractivity contribution is 7.99. The largest absolute Gasteiger partial charge is 0.380 e. The van der Waals surface area contributed by atoms with Gasteiger partial charge in [-0.25, -0.2) is 0 Å². The van der Waals surface area contributed by atoms with Gasteiger partial charge < -0.3 is 10.1 Å². The van der Waals surface area contributed by atoms with E-state index in [1.165, 1.54) is 22.6 Å². The van der Waals surface area contributed by atoms with Gasteiger partial charge in [0.05, 0.1) is 6.61 Å². The number of nitrogens with one attached hydrogen (secondary N) is 1. The fourth-order valence-corrected chi connectivity index (χ4v) is 3.74. The molecule has 1 N–H and O–H groups in total. The Hall–Kier alpha value is -0.510. The fourth-order valence-electron chi connectivity index (χ4n) is 2.41. The third-order valence-corrected chi connectivity index (χ3v) is 4.59. The molecule has 0 aliphatic carbocycles. The lowest BCUT2D eigenvalue weighted by Crippen LogP contribution is -2.39. The zero-order valence-electron chi connectivity index (χ0n) is 11.3. The summed E-state index contributed by atoms with van der Waals surface area (Å²) in [5, 5.41) is 3.65. The van der Waals surface area contributed by atoms with Gasteiger partial charge in [0.15, 0.2) is 0 Å². The lowest BCUT2D eigenvalue weighted by atomic mass is 9.93. The highest BCUT2D eigenvalue weighted by Crippen LogP contribution is 2.41. The molecule has 1 aliphatic rings. The van der Waals surface area contributed by atoms with E-state index < -0.39 is 0 Å². The minimum atomic E-state index is 0.445. The molecule has 1 aromatic carbocycles. The monoisotopic (exact) mass is 265 g/mol. The minimum Gasteiger partial charge on any atom is -0.380 e. The molecule has 1 heterocycles. The molecular formula is C15H23NOS. The summed E-state index contributed by atoms with van der Waals surface area (Å²) >= 11 is 1.98. The van der Waals surface area contributed by atoms with Gasteiger partial charge in [-0.05, 0) is 31.5 Å². The molecule has 0 saturated heterocycles. The molecule has 1 aliphatic heterocycles. The van der Waals surface area contributed by atoms with Gasteiger partial charge in [-0.1, -0.05) is 25.1 Å². The topological polar surface area (TPSA) is 21.3 Å². The number of rotatable bonds is 7. The average Bonchev–Trinajstić information content (AvgIpc) is 2.83. The van der Waals surface area contributed by atoms with Crippen LogP contribution in [0.5, 0.6) is 0 Å². The fraction of sp³-hybridized carbons (Fsp3) is 0.600. The zero-order valence-corrected chi connectivity index (χ0v) is 12.1. The zero-order chi connectivity index (χ0) is 12.8. The van der Waals surface area contributed by atoms with Gasteiger partial charge in [0.2, 0.25) is 0 Å². The summed E-state index contributed by atoms with van der Waals surface area (Å²) in [6, 6.07) is 9.23. The molecule has 2 nitrogen and oxygen atoms in total. The molecule has 0 bridgehead atoms. The Labute approximate surface area is 114 Å². The summed E-state index contributed by atoms with van der Waals surface area (Å²) in [5.41, 5.74) is 1.50. The van der Waals surface area contributed by atoms with Crippen LogP contribution in [-0.4, -0.2) is 31.6 Å². The molecule has 100 valence electrons. The maximum absolute atomic E-state index is 5.65. The standard InChI is InChI=1S/C15H23NOS/c1-3-9-16-14(10-17-4-2)13-11-18-15-8-6-5-7-12(13)15/h5-8,13-14,16H,3-4,9-11H2,1-2H3. The molecule has 18 heavy (non-hydrogen) atoms. The maximum atomic E-state index is 5.65. The molecule has 0 fully saturated rings. The molecule has 1 aromatic rings. The Morgan fingerprint density at radius 1 is 1.39 bits per heavy atom. The normalized spacial score (nSPS) is 19.8. The quantitative estimate of drug-likeness (QED) is 0.817. The number of thioether (sulfide) groups is 1. The Morgan fingerprint density at radius 2 is 2.22 bits per heavy atom. The molecule has 0 spiro atoms. The van der Waals surface area contributed by atoms with E-state index in [0.29, 0.717) is 12.0 Å². The molecule has 0 saturated carbocycles. The highest BCUT2D eigenvalue weighted by Gasteiger charge is 2.29. The third-order valence-electron chi connectivity index (χ3n) is 3.38. The molecule has 2 rings (SSSR count). The van der Waals surface area contributed by atoms with Crippen molar-refractivity contribution in [3.05, 3.63) is 29.8 Å². The molecule has 0 aromatic heterocycles. The Balaban J connectivity index is 2.06. The second kappa shape index (κ2) is 7.17. The van der Waals surface area contributed by atoms with Crippen LogP contribution in [0.25, 0.3) is 0 Å². The Kier molecular flexibility index (Phi) is 5.54. The minimum absolute atomic E-state index is 0.445. The lowest BCUT2D eigenvalue weighted by Gasteiger charge is -2.25. The van der Waals surface area contributed by atoms with Crippen LogP contribution in [0.4, 0.5) is 0 Å². The summed E-state index contributed by atoms with van der Waals surface area (Å²) in [7, 11) is 0. The predicted octanol–water partition coefficient (Wildman–Crippen LogP) is 3.28. The first-order valence-corrected chi connectivity index (χ1v) is 7.88. The van der Waals surface area contributed by atoms with E-state index in [4.69, 9.17) is 4.74 Å². The average molecular weight is 265 g/mol. The molecule has 0 amide bonds. The predicted molar refractivity (Wildman–Crippen MR) is 78.5 cm³/mol. The summed E-state index contributed by atoms with van der Waals surface area (Å²) in [6.07, 6.45) is 1.17. The van der Waals surface area contributed by atoms with Crippen molar-refractivity contribution in [2.45, 2.75) is 37.1 Å². The molecule has 2 atom stereocenters. The molecule has 2 unspecified atom stereocenters. The summed E-state index contributed by atoms with van der Waals surface area (Å²) in [6.45, 7) is 6.96. The van der Waals surface area contributed by atoms with Crippen molar-refractivity contribution < 1.29 is 4.74 Å². The lowest BCUT2D eigenvalue weighted by molar-refractivity contribution is 0.116. The first-order chi connectivity index (χ1) is 8.86. The van der Waals surface area contributed by atoms with Crippen LogP contribution in [0.15, 0.2) is 29.2 Å². The van der Waals surface area contributed by atoms with Gasteiger partial charge in [0.25, 0.3) is 0 Å². The summed E-state index contributed by atoms with van der Waals surface area (Å²) in [4.78, 5) is 1.45. The van der Waals surface area contributed by atoms with Crippen LogP contribution in [0.1, 0.15) is 31.7 Å². The van der Waals surface area contributed by atoms with Crippen LogP contribution in [-0.2, 0) is 4.74 Å². The highest BCUT2D eigenvalue weighted by atomic mass is 32.2. The number of hydrogen-bond donors (Lipinski definition) is 1. The van der Waals surface area contributed by atoms with Crippen molar-refractivity contribution in [1.82, 2.24) is 5.32 Å². The van der Waals surface area contributed by atoms with Gasteiger partial charge in [-0.3, -0.25) is 0 Å². The van der Waals surface area contributed by atoms with Crippen molar-refractivity contribution >= 4 is 11.8 Å². The molecule has 3 heteroatoms. The van der Waals surface area contributed by atoms with E-state index in [1.54, 1.807) is 0 Å². The van der Waals surface area contributed by atoms with Gasteiger partial charge in [0, 0.05) is 29.2 Å². The van der Waals surface area contributed by atoms with Gasteiger partial charge in [-0.15, -0.1) is 11.8 Å². The van der Waals surface area contributed by atoms with Crippen molar-refractivity contribution in [1.29, 1.82) is 0 Å². The number of benzene rings is 1. The van der Waals surface area contributed by atoms with E-state index in [2.05, 4.69) is 43.4 Å². The molecule has 0 radical (unpaired) electrons. The second-order valence-electron chi connectivity index (χ2n) is 4.68. The number of ether oxygens (including phenoxy) is 1. The third kappa shape index (κ3) is 3.28. The van der Waals surface area contributed by atoms with Crippen LogP contribution in [0, 0.1) is 0 Å². The van der Waals surface area contributed by atoms with E-state index >= 15 is 0 Å². The Bertz CT molecular complexity index is 361. The van der Waals surface area contributed by atoms with E-state index in [9.17, 15) is 0 Å². The Morgan fingerprint density at radius 3 is 3.00 bits per heavy atom. The van der Waals surface area contributed by atoms with Crippen LogP contribution in [0.2, 0.25) is 0 Å². The molecular weight excluding hydrogens is 242 g/mol. The smallest absolute Gasteiger partial charge is 0.0625 e. The van der Waals surface area contributed by atoms with E-state index in [1.807, 2.05) is 11.8 Å². The first kappa shape index (κ1) is 13.9. The van der Waals surface area contributed by atoms with Crippen LogP contribution in [0.3, 0.4) is 0 Å². The SMILES string of the molecule is CCCNC(COCC)C1CSc2ccccc21. The number of hydrogen-bond acceptors (Lipinski definition) is 3. The second-order valence-corrected chi connectivity index (χ2v) is 5.74. The number of fused-ring (bicyclic) bond motifs is 1. The van der Waals surface area contributed by atoms with Gasteiger partial charge >= 0.3 is 0 Å². The van der Waals surface area contributed by atoms with Crippen LogP contribution < -0.4 is 5.32 Å².